The lowest BCUT2D eigenvalue weighted by atomic mass is 9.76. The van der Waals surface area contributed by atoms with Crippen molar-refractivity contribution in [1.29, 1.82) is 0 Å². The molecule has 1 fully saturated rings. The molecular weight excluding hydrogens is 216 g/mol. The van der Waals surface area contributed by atoms with Crippen LogP contribution in [0, 0.1) is 11.8 Å². The quantitative estimate of drug-likeness (QED) is 0.755. The number of nitrogens with zero attached hydrogens (tertiary/aromatic N) is 1. The Balaban J connectivity index is 2.64. The van der Waals surface area contributed by atoms with E-state index in [-0.39, 0.29) is 30.4 Å². The van der Waals surface area contributed by atoms with Gasteiger partial charge in [-0.3, -0.25) is 4.79 Å². The third-order valence-corrected chi connectivity index (χ3v) is 3.85. The highest BCUT2D eigenvalue weighted by molar-refractivity contribution is 5.79. The fourth-order valence-electron chi connectivity index (χ4n) is 2.70. The zero-order valence-corrected chi connectivity index (χ0v) is 11.1. The number of nitrogens with two attached hydrogens (primary N) is 1. The summed E-state index contributed by atoms with van der Waals surface area (Å²) >= 11 is 0. The molecule has 0 saturated heterocycles. The highest BCUT2D eigenvalue weighted by atomic mass is 16.3. The Kier molecular flexibility index (Phi) is 5.92. The van der Waals surface area contributed by atoms with E-state index >= 15 is 0 Å². The second-order valence-corrected chi connectivity index (χ2v) is 5.11. The van der Waals surface area contributed by atoms with E-state index in [2.05, 4.69) is 6.92 Å². The number of carbonyl (C=O) groups excluding carboxylic acids is 1. The van der Waals surface area contributed by atoms with Gasteiger partial charge in [-0.1, -0.05) is 20.3 Å². The normalized spacial score (nSPS) is 29.1. The fraction of sp³-hybridized carbons (Fsp3) is 0.923. The summed E-state index contributed by atoms with van der Waals surface area (Å²) in [4.78, 5) is 14.2. The molecule has 0 spiro atoms. The molecule has 1 saturated carbocycles. The van der Waals surface area contributed by atoms with Crippen molar-refractivity contribution in [3.63, 3.8) is 0 Å². The van der Waals surface area contributed by atoms with Gasteiger partial charge < -0.3 is 15.7 Å². The van der Waals surface area contributed by atoms with Gasteiger partial charge in [0.1, 0.15) is 0 Å². The first kappa shape index (κ1) is 14.5. The zero-order valence-electron chi connectivity index (χ0n) is 11.1. The molecule has 0 aromatic rings. The number of hydrogen-bond acceptors (Lipinski definition) is 3. The maximum absolute atomic E-state index is 12.4. The minimum atomic E-state index is 0.0406. The van der Waals surface area contributed by atoms with Gasteiger partial charge in [0, 0.05) is 25.0 Å². The Morgan fingerprint density at radius 1 is 1.41 bits per heavy atom. The molecule has 1 rings (SSSR count). The van der Waals surface area contributed by atoms with Gasteiger partial charge in [0.15, 0.2) is 0 Å². The summed E-state index contributed by atoms with van der Waals surface area (Å²) in [5.41, 5.74) is 6.03. The average Bonchev–Trinajstić information content (AvgIpc) is 2.31. The van der Waals surface area contributed by atoms with Gasteiger partial charge in [0.2, 0.25) is 5.91 Å². The predicted molar refractivity (Wildman–Crippen MR) is 68.4 cm³/mol. The number of amides is 1. The van der Waals surface area contributed by atoms with E-state index in [0.29, 0.717) is 6.54 Å². The monoisotopic (exact) mass is 242 g/mol. The number of aliphatic hydroxyl groups is 1. The first-order valence-electron chi connectivity index (χ1n) is 6.77. The maximum atomic E-state index is 12.4. The summed E-state index contributed by atoms with van der Waals surface area (Å²) in [5, 5.41) is 9.01. The van der Waals surface area contributed by atoms with E-state index in [0.717, 1.165) is 32.2 Å². The second-order valence-electron chi connectivity index (χ2n) is 5.11. The second kappa shape index (κ2) is 6.97. The van der Waals surface area contributed by atoms with Gasteiger partial charge in [0.05, 0.1) is 6.61 Å². The van der Waals surface area contributed by atoms with Crippen molar-refractivity contribution in [1.82, 2.24) is 4.90 Å². The van der Waals surface area contributed by atoms with Crippen molar-refractivity contribution in [2.24, 2.45) is 17.6 Å². The van der Waals surface area contributed by atoms with Crippen molar-refractivity contribution < 1.29 is 9.90 Å². The molecule has 3 N–H and O–H groups in total. The lowest BCUT2D eigenvalue weighted by Crippen LogP contribution is -2.46. The number of rotatable bonds is 5. The predicted octanol–water partition coefficient (Wildman–Crippen LogP) is 0.981. The summed E-state index contributed by atoms with van der Waals surface area (Å²) in [7, 11) is 0. The van der Waals surface area contributed by atoms with Gasteiger partial charge in [-0.25, -0.2) is 0 Å². The molecule has 0 aromatic carbocycles. The molecule has 0 aromatic heterocycles. The van der Waals surface area contributed by atoms with E-state index < -0.39 is 0 Å². The van der Waals surface area contributed by atoms with Crippen molar-refractivity contribution >= 4 is 5.91 Å². The minimum Gasteiger partial charge on any atom is -0.395 e. The van der Waals surface area contributed by atoms with Gasteiger partial charge in [0.25, 0.3) is 0 Å². The minimum absolute atomic E-state index is 0.0406. The number of hydrogen-bond donors (Lipinski definition) is 2. The van der Waals surface area contributed by atoms with Crippen LogP contribution < -0.4 is 5.73 Å². The summed E-state index contributed by atoms with van der Waals surface area (Å²) < 4.78 is 0. The van der Waals surface area contributed by atoms with Crippen LogP contribution >= 0.6 is 0 Å². The molecule has 1 amide bonds. The standard InChI is InChI=1S/C13H26N2O2/c1-3-7-15(8-9-16)13(17)11-5-4-6-12(14)10(11)2/h10-12,16H,3-9,14H2,1-2H3. The van der Waals surface area contributed by atoms with E-state index in [1.54, 1.807) is 4.90 Å². The van der Waals surface area contributed by atoms with Crippen LogP contribution in [0.4, 0.5) is 0 Å². The Bertz CT molecular complexity index is 240. The Morgan fingerprint density at radius 3 is 2.71 bits per heavy atom. The van der Waals surface area contributed by atoms with Crippen LogP contribution in [-0.2, 0) is 4.79 Å². The molecule has 17 heavy (non-hydrogen) atoms. The van der Waals surface area contributed by atoms with E-state index in [9.17, 15) is 4.79 Å². The molecule has 3 unspecified atom stereocenters. The Morgan fingerprint density at radius 2 is 2.12 bits per heavy atom. The van der Waals surface area contributed by atoms with E-state index in [1.165, 1.54) is 0 Å². The molecule has 3 atom stereocenters. The molecule has 0 radical (unpaired) electrons. The molecule has 4 heteroatoms. The molecular formula is C13H26N2O2. The summed E-state index contributed by atoms with van der Waals surface area (Å²) in [6.07, 6.45) is 3.94. The lowest BCUT2D eigenvalue weighted by Gasteiger charge is -2.36. The van der Waals surface area contributed by atoms with Crippen molar-refractivity contribution in [3.8, 4) is 0 Å². The average molecular weight is 242 g/mol. The first-order chi connectivity index (χ1) is 8.11. The van der Waals surface area contributed by atoms with Crippen LogP contribution in [0.15, 0.2) is 0 Å². The van der Waals surface area contributed by atoms with Crippen LogP contribution in [0.25, 0.3) is 0 Å². The summed E-state index contributed by atoms with van der Waals surface area (Å²) in [6, 6.07) is 0.148. The van der Waals surface area contributed by atoms with E-state index in [1.807, 2.05) is 6.92 Å². The summed E-state index contributed by atoms with van der Waals surface area (Å²) in [6.45, 7) is 5.35. The Labute approximate surface area is 104 Å². The highest BCUT2D eigenvalue weighted by Crippen LogP contribution is 2.30. The number of carbonyl (C=O) groups is 1. The summed E-state index contributed by atoms with van der Waals surface area (Å²) in [5.74, 6) is 0.495. The van der Waals surface area contributed by atoms with Crippen LogP contribution in [0.2, 0.25) is 0 Å². The number of aliphatic hydroxyl groups excluding tert-OH is 1. The van der Waals surface area contributed by atoms with Crippen LogP contribution in [0.1, 0.15) is 39.5 Å². The topological polar surface area (TPSA) is 66.6 Å². The van der Waals surface area contributed by atoms with Gasteiger partial charge in [-0.2, -0.15) is 0 Å². The first-order valence-corrected chi connectivity index (χ1v) is 6.77. The van der Waals surface area contributed by atoms with Gasteiger partial charge in [-0.05, 0) is 25.2 Å². The molecule has 1 aliphatic rings. The van der Waals surface area contributed by atoms with Gasteiger partial charge in [-0.15, -0.1) is 0 Å². The van der Waals surface area contributed by atoms with Crippen LogP contribution in [-0.4, -0.2) is 41.7 Å². The molecule has 0 heterocycles. The Hall–Kier alpha value is -0.610. The maximum Gasteiger partial charge on any atom is 0.226 e. The van der Waals surface area contributed by atoms with Crippen LogP contribution in [0.3, 0.4) is 0 Å². The SMILES string of the molecule is CCCN(CCO)C(=O)C1CCCC(N)C1C. The molecule has 1 aliphatic carbocycles. The van der Waals surface area contributed by atoms with E-state index in [4.69, 9.17) is 10.8 Å². The zero-order chi connectivity index (χ0) is 12.8. The smallest absolute Gasteiger partial charge is 0.226 e. The van der Waals surface area contributed by atoms with Crippen molar-refractivity contribution in [2.75, 3.05) is 19.7 Å². The molecule has 4 nitrogen and oxygen atoms in total. The van der Waals surface area contributed by atoms with Crippen molar-refractivity contribution in [2.45, 2.75) is 45.6 Å². The largest absolute Gasteiger partial charge is 0.395 e. The highest BCUT2D eigenvalue weighted by Gasteiger charge is 2.34. The third-order valence-electron chi connectivity index (χ3n) is 3.85. The third kappa shape index (κ3) is 3.68. The van der Waals surface area contributed by atoms with Gasteiger partial charge >= 0.3 is 0 Å². The lowest BCUT2D eigenvalue weighted by molar-refractivity contribution is -0.139. The van der Waals surface area contributed by atoms with Crippen LogP contribution in [0.5, 0.6) is 0 Å². The molecule has 0 bridgehead atoms. The molecule has 100 valence electrons. The fourth-order valence-corrected chi connectivity index (χ4v) is 2.70. The van der Waals surface area contributed by atoms with Crippen molar-refractivity contribution in [3.05, 3.63) is 0 Å². The molecule has 0 aliphatic heterocycles.